The van der Waals surface area contributed by atoms with Crippen molar-refractivity contribution in [2.24, 2.45) is 7.05 Å². The fourth-order valence-corrected chi connectivity index (χ4v) is 1.97. The molecule has 0 bridgehead atoms. The van der Waals surface area contributed by atoms with Gasteiger partial charge in [-0.1, -0.05) is 25.8 Å². The molecule has 0 radical (unpaired) electrons. The number of imidazole rings is 1. The maximum atomic E-state index is 10.8. The van der Waals surface area contributed by atoms with Crippen molar-refractivity contribution in [2.45, 2.75) is 45.1 Å². The monoisotopic (exact) mass is 300 g/mol. The van der Waals surface area contributed by atoms with E-state index in [4.69, 9.17) is 4.74 Å². The lowest BCUT2D eigenvalue weighted by Gasteiger charge is -2.02. The average Bonchev–Trinajstić information content (AvgIpc) is 2.82. The molecule has 0 spiro atoms. The van der Waals surface area contributed by atoms with Crippen molar-refractivity contribution in [1.29, 1.82) is 0 Å². The molecule has 0 N–H and O–H groups in total. The Kier molecular flexibility index (Phi) is 10.8. The van der Waals surface area contributed by atoms with E-state index in [1.165, 1.54) is 31.8 Å². The summed E-state index contributed by atoms with van der Waals surface area (Å²) >= 11 is 0. The minimum absolute atomic E-state index is 0. The number of carbonyl (C=O) groups excluding carboxylic acids is 1. The number of halogens is 1. The first-order chi connectivity index (χ1) is 9.22. The third kappa shape index (κ3) is 8.75. The summed E-state index contributed by atoms with van der Waals surface area (Å²) in [4.78, 5) is 10.8. The smallest absolute Gasteiger partial charge is 0.330 e. The number of rotatable bonds is 10. The van der Waals surface area contributed by atoms with Gasteiger partial charge in [-0.05, 0) is 19.3 Å². The first-order valence-electron chi connectivity index (χ1n) is 7.02. The molecule has 0 aliphatic heterocycles. The van der Waals surface area contributed by atoms with Gasteiger partial charge in [0.15, 0.2) is 0 Å². The maximum absolute atomic E-state index is 10.8. The molecule has 1 heterocycles. The normalized spacial score (nSPS) is 9.85. The summed E-state index contributed by atoms with van der Waals surface area (Å²) in [6.07, 6.45) is 14.5. The quantitative estimate of drug-likeness (QED) is 0.250. The lowest BCUT2D eigenvalue weighted by Crippen LogP contribution is -3.00. The minimum Gasteiger partial charge on any atom is -1.00 e. The zero-order valence-corrected chi connectivity index (χ0v) is 13.0. The van der Waals surface area contributed by atoms with Gasteiger partial charge in [0.2, 0.25) is 6.33 Å². The van der Waals surface area contributed by atoms with Crippen molar-refractivity contribution in [1.82, 2.24) is 4.57 Å². The molecule has 0 amide bonds. The molecule has 0 aromatic carbocycles. The topological polar surface area (TPSA) is 35.1 Å². The largest absolute Gasteiger partial charge is 1.00 e. The molecule has 0 saturated heterocycles. The van der Waals surface area contributed by atoms with Crippen LogP contribution in [0.3, 0.4) is 0 Å². The Morgan fingerprint density at radius 2 is 1.90 bits per heavy atom. The van der Waals surface area contributed by atoms with Crippen LogP contribution < -0.4 is 17.0 Å². The SMILES string of the molecule is C=CC(=O)OCCCCCCCCn1cc[n+](C)c1.[Cl-]. The van der Waals surface area contributed by atoms with Crippen molar-refractivity contribution in [3.8, 4) is 0 Å². The third-order valence-electron chi connectivity index (χ3n) is 3.05. The number of hydrogen-bond donors (Lipinski definition) is 0. The van der Waals surface area contributed by atoms with E-state index in [9.17, 15) is 4.79 Å². The third-order valence-corrected chi connectivity index (χ3v) is 3.05. The van der Waals surface area contributed by atoms with Gasteiger partial charge in [0.25, 0.3) is 0 Å². The Hall–Kier alpha value is -1.29. The number of unbranched alkanes of at least 4 members (excludes halogenated alkanes) is 5. The summed E-state index contributed by atoms with van der Waals surface area (Å²) in [6.45, 7) is 4.97. The van der Waals surface area contributed by atoms with Crippen molar-refractivity contribution < 1.29 is 26.5 Å². The number of aryl methyl sites for hydroxylation is 2. The Balaban J connectivity index is 0.00000361. The number of nitrogens with zero attached hydrogens (tertiary/aromatic N) is 2. The highest BCUT2D eigenvalue weighted by Gasteiger charge is 1.99. The van der Waals surface area contributed by atoms with Crippen molar-refractivity contribution in [2.75, 3.05) is 6.61 Å². The zero-order chi connectivity index (χ0) is 13.9. The standard InChI is InChI=1S/C15H25N2O2.ClH/c1-3-15(18)19-13-9-7-5-4-6-8-10-17-12-11-16(2)14-17;/h3,11-12,14H,1,4-10,13H2,2H3;1H/q+1;/p-1. The van der Waals surface area contributed by atoms with Gasteiger partial charge >= 0.3 is 5.97 Å². The fourth-order valence-electron chi connectivity index (χ4n) is 1.97. The second-order valence-corrected chi connectivity index (χ2v) is 4.81. The van der Waals surface area contributed by atoms with E-state index in [-0.39, 0.29) is 18.4 Å². The van der Waals surface area contributed by atoms with Crippen molar-refractivity contribution in [3.05, 3.63) is 31.4 Å². The van der Waals surface area contributed by atoms with Crippen LogP contribution in [0.2, 0.25) is 0 Å². The van der Waals surface area contributed by atoms with Gasteiger partial charge in [-0.3, -0.25) is 0 Å². The van der Waals surface area contributed by atoms with Gasteiger partial charge in [0, 0.05) is 6.08 Å². The van der Waals surface area contributed by atoms with Crippen LogP contribution in [0.15, 0.2) is 31.4 Å². The Labute approximate surface area is 127 Å². The van der Waals surface area contributed by atoms with E-state index in [2.05, 4.69) is 34.4 Å². The van der Waals surface area contributed by atoms with Crippen LogP contribution in [-0.4, -0.2) is 17.1 Å². The number of aromatic nitrogens is 2. The molecule has 0 fully saturated rings. The van der Waals surface area contributed by atoms with Gasteiger partial charge in [-0.2, -0.15) is 0 Å². The highest BCUT2D eigenvalue weighted by molar-refractivity contribution is 5.81. The average molecular weight is 301 g/mol. The van der Waals surface area contributed by atoms with E-state index < -0.39 is 0 Å². The van der Waals surface area contributed by atoms with Gasteiger partial charge in [-0.15, -0.1) is 0 Å². The highest BCUT2D eigenvalue weighted by atomic mass is 35.5. The molecule has 114 valence electrons. The van der Waals surface area contributed by atoms with Gasteiger partial charge in [0.05, 0.1) is 20.2 Å². The summed E-state index contributed by atoms with van der Waals surface area (Å²) in [5, 5.41) is 0. The Morgan fingerprint density at radius 1 is 1.25 bits per heavy atom. The lowest BCUT2D eigenvalue weighted by molar-refractivity contribution is -0.671. The Morgan fingerprint density at radius 3 is 2.50 bits per heavy atom. The summed E-state index contributed by atoms with van der Waals surface area (Å²) in [7, 11) is 2.04. The number of esters is 1. The zero-order valence-electron chi connectivity index (χ0n) is 12.3. The molecule has 5 heteroatoms. The van der Waals surface area contributed by atoms with Crippen LogP contribution in [0.5, 0.6) is 0 Å². The summed E-state index contributed by atoms with van der Waals surface area (Å²) in [6, 6.07) is 0. The van der Waals surface area contributed by atoms with Gasteiger partial charge in [0.1, 0.15) is 12.4 Å². The van der Waals surface area contributed by atoms with Crippen LogP contribution in [0, 0.1) is 0 Å². The molecule has 4 nitrogen and oxygen atoms in total. The van der Waals surface area contributed by atoms with Crippen molar-refractivity contribution >= 4 is 5.97 Å². The maximum Gasteiger partial charge on any atom is 0.330 e. The molecule has 0 atom stereocenters. The first kappa shape index (κ1) is 18.7. The van der Waals surface area contributed by atoms with Gasteiger partial charge < -0.3 is 17.1 Å². The van der Waals surface area contributed by atoms with E-state index >= 15 is 0 Å². The molecule has 0 saturated carbocycles. The predicted octanol–water partition coefficient (Wildman–Crippen LogP) is -0.614. The molecule has 1 rings (SSSR count). The second kappa shape index (κ2) is 11.5. The second-order valence-electron chi connectivity index (χ2n) is 4.81. The molecular weight excluding hydrogens is 276 g/mol. The van der Waals surface area contributed by atoms with Crippen LogP contribution in [0.25, 0.3) is 0 Å². The summed E-state index contributed by atoms with van der Waals surface area (Å²) in [5.74, 6) is -0.320. The highest BCUT2D eigenvalue weighted by Crippen LogP contribution is 2.06. The first-order valence-corrected chi connectivity index (χ1v) is 7.02. The van der Waals surface area contributed by atoms with Crippen molar-refractivity contribution in [3.63, 3.8) is 0 Å². The number of ether oxygens (including phenoxy) is 1. The van der Waals surface area contributed by atoms with E-state index in [1.807, 2.05) is 7.05 Å². The van der Waals surface area contributed by atoms with E-state index in [1.54, 1.807) is 0 Å². The van der Waals surface area contributed by atoms with Gasteiger partial charge in [-0.25, -0.2) is 13.9 Å². The van der Waals surface area contributed by atoms with E-state index in [0.29, 0.717) is 6.61 Å². The van der Waals surface area contributed by atoms with E-state index in [0.717, 1.165) is 19.4 Å². The molecule has 0 aliphatic rings. The molecule has 20 heavy (non-hydrogen) atoms. The number of carbonyl (C=O) groups is 1. The lowest BCUT2D eigenvalue weighted by atomic mass is 10.1. The Bertz CT molecular complexity index is 391. The molecule has 1 aromatic heterocycles. The molecule has 1 aromatic rings. The van der Waals surface area contributed by atoms with Crippen LogP contribution in [0.1, 0.15) is 38.5 Å². The van der Waals surface area contributed by atoms with Crippen LogP contribution in [-0.2, 0) is 23.1 Å². The van der Waals surface area contributed by atoms with Crippen LogP contribution in [0.4, 0.5) is 0 Å². The molecule has 0 aliphatic carbocycles. The fraction of sp³-hybridized carbons (Fsp3) is 0.600. The summed E-state index contributed by atoms with van der Waals surface area (Å²) in [5.41, 5.74) is 0. The molecular formula is C15H25ClN2O2. The minimum atomic E-state index is -0.320. The number of hydrogen-bond acceptors (Lipinski definition) is 2. The molecule has 0 unspecified atom stereocenters. The van der Waals surface area contributed by atoms with Crippen LogP contribution >= 0.6 is 0 Å². The summed E-state index contributed by atoms with van der Waals surface area (Å²) < 4.78 is 9.19. The predicted molar refractivity (Wildman–Crippen MR) is 74.5 cm³/mol.